The fourth-order valence-electron chi connectivity index (χ4n) is 2.32. The first-order chi connectivity index (χ1) is 12.9. The van der Waals surface area contributed by atoms with Crippen LogP contribution in [0.3, 0.4) is 0 Å². The van der Waals surface area contributed by atoms with E-state index in [-0.39, 0.29) is 16.4 Å². The van der Waals surface area contributed by atoms with Crippen molar-refractivity contribution >= 4 is 35.1 Å². The summed E-state index contributed by atoms with van der Waals surface area (Å²) in [6, 6.07) is 13.3. The molecule has 0 fully saturated rings. The smallest absolute Gasteiger partial charge is 0.275 e. The Hall–Kier alpha value is -3.32. The number of pyridine rings is 3. The van der Waals surface area contributed by atoms with Crippen LogP contribution in [0.15, 0.2) is 48.5 Å². The van der Waals surface area contributed by atoms with Gasteiger partial charge in [-0.25, -0.2) is 15.0 Å². The van der Waals surface area contributed by atoms with Crippen molar-refractivity contribution in [3.05, 3.63) is 76.3 Å². The van der Waals surface area contributed by atoms with Gasteiger partial charge in [-0.3, -0.25) is 9.59 Å². The molecule has 2 N–H and O–H groups in total. The summed E-state index contributed by atoms with van der Waals surface area (Å²) >= 11 is 6.06. The van der Waals surface area contributed by atoms with Gasteiger partial charge < -0.3 is 10.6 Å². The predicted molar refractivity (Wildman–Crippen MR) is 103 cm³/mol. The van der Waals surface area contributed by atoms with Gasteiger partial charge in [-0.15, -0.1) is 0 Å². The quantitative estimate of drug-likeness (QED) is 0.719. The van der Waals surface area contributed by atoms with Gasteiger partial charge in [0.1, 0.15) is 23.0 Å². The molecule has 0 atom stereocenters. The lowest BCUT2D eigenvalue weighted by atomic mass is 10.2. The number of halogens is 1. The Morgan fingerprint density at radius 2 is 1.22 bits per heavy atom. The van der Waals surface area contributed by atoms with Crippen LogP contribution >= 0.6 is 11.6 Å². The lowest BCUT2D eigenvalue weighted by molar-refractivity contribution is 0.101. The highest BCUT2D eigenvalue weighted by Gasteiger charge is 2.16. The molecule has 27 heavy (non-hydrogen) atoms. The monoisotopic (exact) mass is 381 g/mol. The Bertz CT molecular complexity index is 945. The van der Waals surface area contributed by atoms with E-state index in [9.17, 15) is 9.59 Å². The Kier molecular flexibility index (Phi) is 5.42. The maximum Gasteiger partial charge on any atom is 0.275 e. The third-order valence-corrected chi connectivity index (χ3v) is 3.73. The highest BCUT2D eigenvalue weighted by molar-refractivity contribution is 6.31. The zero-order valence-corrected chi connectivity index (χ0v) is 15.4. The number of hydrogen-bond donors (Lipinski definition) is 2. The van der Waals surface area contributed by atoms with Gasteiger partial charge in [-0.05, 0) is 50.2 Å². The predicted octanol–water partition coefficient (Wildman–Crippen LogP) is 3.65. The molecule has 3 heterocycles. The number of carbonyl (C=O) groups is 2. The molecule has 0 bridgehead atoms. The molecule has 0 unspecified atom stereocenters. The molecule has 8 heteroatoms. The second-order valence-corrected chi connectivity index (χ2v) is 6.23. The second kappa shape index (κ2) is 7.92. The molecule has 0 radical (unpaired) electrons. The second-order valence-electron chi connectivity index (χ2n) is 5.79. The molecule has 0 saturated carbocycles. The fourth-order valence-corrected chi connectivity index (χ4v) is 2.52. The van der Waals surface area contributed by atoms with Crippen LogP contribution < -0.4 is 10.6 Å². The summed E-state index contributed by atoms with van der Waals surface area (Å²) in [6.45, 7) is 3.63. The normalized spacial score (nSPS) is 10.3. The number of aryl methyl sites for hydroxylation is 2. The van der Waals surface area contributed by atoms with Gasteiger partial charge in [-0.2, -0.15) is 0 Å². The van der Waals surface area contributed by atoms with Crippen molar-refractivity contribution in [2.24, 2.45) is 0 Å². The zero-order valence-electron chi connectivity index (χ0n) is 14.7. The van der Waals surface area contributed by atoms with Crippen molar-refractivity contribution in [2.45, 2.75) is 13.8 Å². The molecule has 0 aliphatic carbocycles. The SMILES string of the molecule is Cc1cccc(NC(=O)c2cc(Cl)cc(C(=O)Nc3cccc(C)n3)n2)n1. The molecule has 136 valence electrons. The molecule has 0 aromatic carbocycles. The Morgan fingerprint density at radius 3 is 1.63 bits per heavy atom. The minimum Gasteiger partial charge on any atom is -0.305 e. The first-order valence-corrected chi connectivity index (χ1v) is 8.46. The van der Waals surface area contributed by atoms with Crippen LogP contribution in [-0.4, -0.2) is 26.8 Å². The van der Waals surface area contributed by atoms with E-state index in [0.29, 0.717) is 11.6 Å². The van der Waals surface area contributed by atoms with Crippen molar-refractivity contribution in [2.75, 3.05) is 10.6 Å². The minimum absolute atomic E-state index is 0.00755. The number of hydrogen-bond acceptors (Lipinski definition) is 5. The number of amides is 2. The summed E-state index contributed by atoms with van der Waals surface area (Å²) in [5, 5.41) is 5.49. The third kappa shape index (κ3) is 4.86. The Balaban J connectivity index is 1.81. The molecule has 0 saturated heterocycles. The summed E-state index contributed by atoms with van der Waals surface area (Å²) < 4.78 is 0. The van der Waals surface area contributed by atoms with E-state index in [2.05, 4.69) is 25.6 Å². The maximum absolute atomic E-state index is 12.4. The first kappa shape index (κ1) is 18.5. The summed E-state index contributed by atoms with van der Waals surface area (Å²) in [4.78, 5) is 37.4. The van der Waals surface area contributed by atoms with Gasteiger partial charge in [0.25, 0.3) is 11.8 Å². The topological polar surface area (TPSA) is 96.9 Å². The summed E-state index contributed by atoms with van der Waals surface area (Å²) in [6.07, 6.45) is 0. The van der Waals surface area contributed by atoms with Crippen LogP contribution in [0.25, 0.3) is 0 Å². The molecule has 0 aliphatic rings. The van der Waals surface area contributed by atoms with E-state index in [1.54, 1.807) is 24.3 Å². The van der Waals surface area contributed by atoms with E-state index in [4.69, 9.17) is 11.6 Å². The average molecular weight is 382 g/mol. The van der Waals surface area contributed by atoms with Crippen molar-refractivity contribution in [3.63, 3.8) is 0 Å². The molecule has 7 nitrogen and oxygen atoms in total. The lowest BCUT2D eigenvalue weighted by Crippen LogP contribution is -2.19. The van der Waals surface area contributed by atoms with Crippen molar-refractivity contribution in [3.8, 4) is 0 Å². The molecular weight excluding hydrogens is 366 g/mol. The molecule has 3 aromatic rings. The van der Waals surface area contributed by atoms with E-state index < -0.39 is 11.8 Å². The number of rotatable bonds is 4. The van der Waals surface area contributed by atoms with E-state index in [1.807, 2.05) is 26.0 Å². The molecular formula is C19H16ClN5O2. The minimum atomic E-state index is -0.515. The molecule has 0 spiro atoms. The highest BCUT2D eigenvalue weighted by Crippen LogP contribution is 2.15. The molecule has 3 aromatic heterocycles. The van der Waals surface area contributed by atoms with E-state index in [0.717, 1.165) is 11.4 Å². The zero-order chi connectivity index (χ0) is 19.4. The molecule has 0 aliphatic heterocycles. The summed E-state index contributed by atoms with van der Waals surface area (Å²) in [7, 11) is 0. The van der Waals surface area contributed by atoms with Gasteiger partial charge in [-0.1, -0.05) is 23.7 Å². The molecule has 3 rings (SSSR count). The van der Waals surface area contributed by atoms with Crippen LogP contribution in [0.4, 0.5) is 11.6 Å². The number of nitrogens with one attached hydrogen (secondary N) is 2. The Morgan fingerprint density at radius 1 is 0.778 bits per heavy atom. The van der Waals surface area contributed by atoms with Crippen LogP contribution in [-0.2, 0) is 0 Å². The van der Waals surface area contributed by atoms with Crippen molar-refractivity contribution in [1.29, 1.82) is 0 Å². The first-order valence-electron chi connectivity index (χ1n) is 8.08. The number of nitrogens with zero attached hydrogens (tertiary/aromatic N) is 3. The van der Waals surface area contributed by atoms with Gasteiger partial charge in [0.05, 0.1) is 0 Å². The largest absolute Gasteiger partial charge is 0.305 e. The number of aromatic nitrogens is 3. The highest BCUT2D eigenvalue weighted by atomic mass is 35.5. The standard InChI is InChI=1S/C19H16ClN5O2/c1-11-5-3-7-16(21-11)24-18(26)14-9-13(20)10-15(23-14)19(27)25-17-8-4-6-12(2)22-17/h3-10H,1-2H3,(H,21,24,26)(H,22,25,27). The van der Waals surface area contributed by atoms with Crippen LogP contribution in [0.2, 0.25) is 5.02 Å². The van der Waals surface area contributed by atoms with Crippen molar-refractivity contribution < 1.29 is 9.59 Å². The van der Waals surface area contributed by atoms with E-state index in [1.165, 1.54) is 12.1 Å². The van der Waals surface area contributed by atoms with Crippen LogP contribution in [0.5, 0.6) is 0 Å². The van der Waals surface area contributed by atoms with Gasteiger partial charge in [0.2, 0.25) is 0 Å². The van der Waals surface area contributed by atoms with Crippen LogP contribution in [0.1, 0.15) is 32.4 Å². The fraction of sp³-hybridized carbons (Fsp3) is 0.105. The van der Waals surface area contributed by atoms with Gasteiger partial charge >= 0.3 is 0 Å². The van der Waals surface area contributed by atoms with Crippen LogP contribution in [0, 0.1) is 13.8 Å². The summed E-state index contributed by atoms with van der Waals surface area (Å²) in [5.41, 5.74) is 1.54. The molecule has 2 amide bonds. The number of carbonyl (C=O) groups excluding carboxylic acids is 2. The van der Waals surface area contributed by atoms with Gasteiger partial charge in [0, 0.05) is 16.4 Å². The third-order valence-electron chi connectivity index (χ3n) is 3.52. The summed E-state index contributed by atoms with van der Waals surface area (Å²) in [5.74, 6) is -0.259. The lowest BCUT2D eigenvalue weighted by Gasteiger charge is -2.08. The Labute approximate surface area is 160 Å². The average Bonchev–Trinajstić information content (AvgIpc) is 2.61. The van der Waals surface area contributed by atoms with E-state index >= 15 is 0 Å². The number of anilines is 2. The van der Waals surface area contributed by atoms with Gasteiger partial charge in [0.15, 0.2) is 0 Å². The maximum atomic E-state index is 12.4. The van der Waals surface area contributed by atoms with Crippen molar-refractivity contribution in [1.82, 2.24) is 15.0 Å².